The van der Waals surface area contributed by atoms with E-state index >= 15 is 0 Å². The van der Waals surface area contributed by atoms with E-state index in [1.54, 1.807) is 12.1 Å². The number of ether oxygens (including phenoxy) is 1. The van der Waals surface area contributed by atoms with E-state index in [-0.39, 0.29) is 24.1 Å². The molecule has 1 heterocycles. The summed E-state index contributed by atoms with van der Waals surface area (Å²) < 4.78 is 5.13. The van der Waals surface area contributed by atoms with E-state index in [1.165, 1.54) is 11.8 Å². The standard InChI is InChI=1S/C24H28N4O5S/c25-21(26)20-12-16-9-10-17(13-19(16)34-20)22(29)28-18(23(30)31)8-4-5-11-27-24(32)33-14-15-6-2-1-3-7-15/h1-3,6-7,9-10,13,18,20H,4-5,8,11-12,14H2,(H3,25,26)(H,27,32)(H,28,29)(H,30,31). The molecule has 1 aliphatic rings. The number of alkyl carbamates (subject to hydrolysis) is 1. The summed E-state index contributed by atoms with van der Waals surface area (Å²) in [7, 11) is 0. The fourth-order valence-corrected chi connectivity index (χ4v) is 4.67. The van der Waals surface area contributed by atoms with Gasteiger partial charge in [0.1, 0.15) is 18.5 Å². The Morgan fingerprint density at radius 3 is 2.65 bits per heavy atom. The number of carboxylic acid groups (broad SMARTS) is 1. The SMILES string of the molecule is N=C(N)C1Cc2ccc(C(=O)NC(CCCCNC(=O)OCc3ccccc3)C(=O)O)cc2S1. The van der Waals surface area contributed by atoms with Gasteiger partial charge in [0.05, 0.1) is 5.25 Å². The number of nitrogens with two attached hydrogens (primary N) is 1. The highest BCUT2D eigenvalue weighted by Gasteiger charge is 2.26. The molecule has 0 bridgehead atoms. The molecule has 0 saturated heterocycles. The Bertz CT molecular complexity index is 1050. The Labute approximate surface area is 202 Å². The molecule has 180 valence electrons. The molecule has 6 N–H and O–H groups in total. The molecule has 0 spiro atoms. The largest absolute Gasteiger partial charge is 0.480 e. The first-order chi connectivity index (χ1) is 16.3. The average molecular weight is 485 g/mol. The van der Waals surface area contributed by atoms with Gasteiger partial charge in [-0.25, -0.2) is 9.59 Å². The third-order valence-electron chi connectivity index (χ3n) is 5.36. The van der Waals surface area contributed by atoms with Crippen molar-refractivity contribution >= 4 is 35.6 Å². The maximum atomic E-state index is 12.6. The number of carbonyl (C=O) groups excluding carboxylic acids is 2. The summed E-state index contributed by atoms with van der Waals surface area (Å²) in [4.78, 5) is 36.9. The maximum Gasteiger partial charge on any atom is 0.407 e. The maximum absolute atomic E-state index is 12.6. The quantitative estimate of drug-likeness (QED) is 0.187. The average Bonchev–Trinajstić information content (AvgIpc) is 3.26. The van der Waals surface area contributed by atoms with Crippen LogP contribution in [0, 0.1) is 5.41 Å². The van der Waals surface area contributed by atoms with Crippen molar-refractivity contribution in [1.82, 2.24) is 10.6 Å². The molecule has 9 nitrogen and oxygen atoms in total. The second-order valence-electron chi connectivity index (χ2n) is 7.94. The first-order valence-electron chi connectivity index (χ1n) is 10.9. The van der Waals surface area contributed by atoms with Crippen LogP contribution in [0.3, 0.4) is 0 Å². The molecule has 2 unspecified atom stereocenters. The van der Waals surface area contributed by atoms with Crippen LogP contribution >= 0.6 is 11.8 Å². The molecule has 2 atom stereocenters. The number of aliphatic carboxylic acids is 1. The van der Waals surface area contributed by atoms with Gasteiger partial charge in [-0.05, 0) is 48.9 Å². The fraction of sp³-hybridized carbons (Fsp3) is 0.333. The molecule has 1 aliphatic heterocycles. The smallest absolute Gasteiger partial charge is 0.407 e. The monoisotopic (exact) mass is 484 g/mol. The molecule has 0 aliphatic carbocycles. The summed E-state index contributed by atoms with van der Waals surface area (Å²) in [5, 5.41) is 22.2. The van der Waals surface area contributed by atoms with Gasteiger partial charge in [-0.3, -0.25) is 10.2 Å². The first-order valence-corrected chi connectivity index (χ1v) is 11.8. The fourth-order valence-electron chi connectivity index (χ4n) is 3.48. The normalized spacial score (nSPS) is 15.1. The number of nitrogens with one attached hydrogen (secondary N) is 3. The first kappa shape index (κ1) is 25.1. The van der Waals surface area contributed by atoms with Gasteiger partial charge in [0.15, 0.2) is 0 Å². The van der Waals surface area contributed by atoms with Crippen molar-refractivity contribution in [2.24, 2.45) is 5.73 Å². The number of carbonyl (C=O) groups is 3. The Hall–Kier alpha value is -3.53. The predicted molar refractivity (Wildman–Crippen MR) is 129 cm³/mol. The van der Waals surface area contributed by atoms with Crippen LogP contribution in [-0.2, 0) is 22.6 Å². The lowest BCUT2D eigenvalue weighted by Gasteiger charge is -2.15. The number of fused-ring (bicyclic) bond motifs is 1. The van der Waals surface area contributed by atoms with E-state index in [0.29, 0.717) is 31.4 Å². The van der Waals surface area contributed by atoms with Gasteiger partial charge in [-0.2, -0.15) is 0 Å². The van der Waals surface area contributed by atoms with Crippen LogP contribution in [0.1, 0.15) is 40.7 Å². The van der Waals surface area contributed by atoms with Crippen LogP contribution in [0.15, 0.2) is 53.4 Å². The third kappa shape index (κ3) is 7.24. The van der Waals surface area contributed by atoms with Crippen LogP contribution in [-0.4, -0.2) is 46.7 Å². The molecule has 2 aromatic rings. The Morgan fingerprint density at radius 1 is 1.18 bits per heavy atom. The van der Waals surface area contributed by atoms with Gasteiger partial charge in [0.2, 0.25) is 0 Å². The number of rotatable bonds is 11. The number of thioether (sulfide) groups is 1. The third-order valence-corrected chi connectivity index (χ3v) is 6.69. The lowest BCUT2D eigenvalue weighted by molar-refractivity contribution is -0.139. The number of hydrogen-bond acceptors (Lipinski definition) is 6. The van der Waals surface area contributed by atoms with Crippen molar-refractivity contribution in [1.29, 1.82) is 5.41 Å². The number of amides is 2. The lowest BCUT2D eigenvalue weighted by Crippen LogP contribution is -2.40. The molecular weight excluding hydrogens is 456 g/mol. The highest BCUT2D eigenvalue weighted by Crippen LogP contribution is 2.37. The highest BCUT2D eigenvalue weighted by atomic mass is 32.2. The molecule has 0 aromatic heterocycles. The second-order valence-corrected chi connectivity index (χ2v) is 9.18. The molecule has 2 aromatic carbocycles. The van der Waals surface area contributed by atoms with Crippen molar-refractivity contribution in [3.8, 4) is 0 Å². The van der Waals surface area contributed by atoms with Crippen LogP contribution in [0.5, 0.6) is 0 Å². The van der Waals surface area contributed by atoms with Gasteiger partial charge in [0, 0.05) is 17.0 Å². The Kier molecular flexibility index (Phi) is 8.92. The number of benzene rings is 2. The van der Waals surface area contributed by atoms with Crippen molar-refractivity contribution in [3.05, 3.63) is 65.2 Å². The molecular formula is C24H28N4O5S. The van der Waals surface area contributed by atoms with E-state index in [1.807, 2.05) is 36.4 Å². The van der Waals surface area contributed by atoms with Crippen molar-refractivity contribution < 1.29 is 24.2 Å². The molecule has 34 heavy (non-hydrogen) atoms. The summed E-state index contributed by atoms with van der Waals surface area (Å²) in [6.45, 7) is 0.518. The minimum absolute atomic E-state index is 0.0945. The van der Waals surface area contributed by atoms with E-state index in [2.05, 4.69) is 10.6 Å². The van der Waals surface area contributed by atoms with Crippen LogP contribution in [0.4, 0.5) is 4.79 Å². The summed E-state index contributed by atoms with van der Waals surface area (Å²) in [5.41, 5.74) is 7.86. The molecule has 0 radical (unpaired) electrons. The molecule has 3 rings (SSSR count). The van der Waals surface area contributed by atoms with E-state index in [9.17, 15) is 19.5 Å². The molecule has 0 saturated carbocycles. The van der Waals surface area contributed by atoms with E-state index < -0.39 is 24.0 Å². The summed E-state index contributed by atoms with van der Waals surface area (Å²) in [5.74, 6) is -1.49. The van der Waals surface area contributed by atoms with Crippen molar-refractivity contribution in [2.45, 2.75) is 48.5 Å². The minimum atomic E-state index is -1.12. The lowest BCUT2D eigenvalue weighted by atomic mass is 10.1. The molecule has 2 amide bonds. The Morgan fingerprint density at radius 2 is 1.94 bits per heavy atom. The van der Waals surface area contributed by atoms with Crippen LogP contribution < -0.4 is 16.4 Å². The van der Waals surface area contributed by atoms with Gasteiger partial charge in [0.25, 0.3) is 5.91 Å². The van der Waals surface area contributed by atoms with Crippen LogP contribution in [0.25, 0.3) is 0 Å². The van der Waals surface area contributed by atoms with E-state index in [0.717, 1.165) is 16.0 Å². The highest BCUT2D eigenvalue weighted by molar-refractivity contribution is 8.01. The number of amidine groups is 1. The number of hydrogen-bond donors (Lipinski definition) is 5. The predicted octanol–water partition coefficient (Wildman–Crippen LogP) is 2.92. The topological polar surface area (TPSA) is 155 Å². The summed E-state index contributed by atoms with van der Waals surface area (Å²) in [6.07, 6.45) is 1.38. The van der Waals surface area contributed by atoms with Gasteiger partial charge >= 0.3 is 12.1 Å². The van der Waals surface area contributed by atoms with Gasteiger partial charge in [-0.15, -0.1) is 11.8 Å². The number of unbranched alkanes of at least 4 members (excludes halogenated alkanes) is 1. The zero-order chi connectivity index (χ0) is 24.5. The van der Waals surface area contributed by atoms with Gasteiger partial charge < -0.3 is 26.2 Å². The summed E-state index contributed by atoms with van der Waals surface area (Å²) >= 11 is 1.43. The molecule has 0 fully saturated rings. The molecule has 10 heteroatoms. The van der Waals surface area contributed by atoms with Crippen molar-refractivity contribution in [3.63, 3.8) is 0 Å². The zero-order valence-corrected chi connectivity index (χ0v) is 19.4. The second kappa shape index (κ2) is 12.1. The van der Waals surface area contributed by atoms with Crippen LogP contribution in [0.2, 0.25) is 0 Å². The number of carboxylic acids is 1. The zero-order valence-electron chi connectivity index (χ0n) is 18.6. The Balaban J connectivity index is 1.39. The summed E-state index contributed by atoms with van der Waals surface area (Å²) in [6, 6.07) is 13.5. The van der Waals surface area contributed by atoms with Crippen molar-refractivity contribution in [2.75, 3.05) is 6.54 Å². The van der Waals surface area contributed by atoms with Gasteiger partial charge in [-0.1, -0.05) is 36.4 Å². The van der Waals surface area contributed by atoms with E-state index in [4.69, 9.17) is 15.9 Å². The minimum Gasteiger partial charge on any atom is -0.480 e.